The number of rotatable bonds is 8. The van der Waals surface area contributed by atoms with E-state index in [-0.39, 0.29) is 31.7 Å². The van der Waals surface area contributed by atoms with Gasteiger partial charge in [-0.05, 0) is 79.8 Å². The highest BCUT2D eigenvalue weighted by molar-refractivity contribution is 5.59. The van der Waals surface area contributed by atoms with Crippen LogP contribution in [0.25, 0.3) is 11.3 Å². The minimum Gasteiger partial charge on any atom is -0.508 e. The molecule has 0 atom stereocenters. The Morgan fingerprint density at radius 1 is 0.914 bits per heavy atom. The van der Waals surface area contributed by atoms with Crippen molar-refractivity contribution in [1.82, 2.24) is 15.1 Å². The summed E-state index contributed by atoms with van der Waals surface area (Å²) in [7, 11) is 0. The predicted molar refractivity (Wildman–Crippen MR) is 128 cm³/mol. The lowest BCUT2D eigenvalue weighted by Gasteiger charge is -2.39. The fourth-order valence-electron chi connectivity index (χ4n) is 4.13. The molecule has 1 aliphatic rings. The summed E-state index contributed by atoms with van der Waals surface area (Å²) in [5.74, 6) is 0.213. The topological polar surface area (TPSA) is 81.5 Å². The van der Waals surface area contributed by atoms with Gasteiger partial charge in [0.05, 0.1) is 11.4 Å². The minimum absolute atomic E-state index is 0.213. The molecule has 3 N–H and O–H groups in total. The third-order valence-electron chi connectivity index (χ3n) is 6.39. The van der Waals surface area contributed by atoms with E-state index in [1.165, 1.54) is 0 Å². The van der Waals surface area contributed by atoms with E-state index in [4.69, 9.17) is 0 Å². The third kappa shape index (κ3) is 6.49. The smallest absolute Gasteiger partial charge is 0.417 e. The lowest BCUT2D eigenvalue weighted by molar-refractivity contribution is -0.272. The molecule has 1 aliphatic heterocycles. The summed E-state index contributed by atoms with van der Waals surface area (Å²) in [5, 5.41) is 31.1. The molecule has 0 aliphatic carbocycles. The lowest BCUT2D eigenvalue weighted by atomic mass is 9.90. The van der Waals surface area contributed by atoms with Crippen LogP contribution in [-0.4, -0.2) is 56.7 Å². The van der Waals surface area contributed by atoms with Crippen molar-refractivity contribution in [2.45, 2.75) is 44.0 Å². The summed E-state index contributed by atoms with van der Waals surface area (Å²) in [4.78, 5) is 1.94. The van der Waals surface area contributed by atoms with Gasteiger partial charge in [0.15, 0.2) is 5.60 Å². The molecule has 0 radical (unpaired) electrons. The maximum Gasteiger partial charge on any atom is 0.417 e. The number of likely N-dealkylation sites (tertiary alicyclic amines) is 1. The van der Waals surface area contributed by atoms with Gasteiger partial charge < -0.3 is 15.5 Å². The second kappa shape index (κ2) is 10.6. The van der Waals surface area contributed by atoms with Crippen LogP contribution in [0.2, 0.25) is 0 Å². The van der Waals surface area contributed by atoms with Crippen molar-refractivity contribution in [1.29, 1.82) is 0 Å². The predicted octanol–water partition coefficient (Wildman–Crippen LogP) is 4.78. The molecule has 2 aromatic carbocycles. The Balaban J connectivity index is 1.18. The van der Waals surface area contributed by atoms with E-state index in [0.29, 0.717) is 6.54 Å². The van der Waals surface area contributed by atoms with Crippen LogP contribution in [0.5, 0.6) is 5.75 Å². The van der Waals surface area contributed by atoms with Gasteiger partial charge in [-0.2, -0.15) is 23.4 Å². The highest BCUT2D eigenvalue weighted by Crippen LogP contribution is 2.38. The molecular formula is C26H29F3N4O2. The summed E-state index contributed by atoms with van der Waals surface area (Å²) >= 11 is 0. The number of aromatic nitrogens is 2. The molecule has 6 nitrogen and oxygen atoms in total. The summed E-state index contributed by atoms with van der Waals surface area (Å²) in [6, 6.07) is 18.6. The molecule has 1 saturated heterocycles. The van der Waals surface area contributed by atoms with E-state index in [1.807, 2.05) is 41.3 Å². The zero-order valence-electron chi connectivity index (χ0n) is 19.3. The number of phenolic OH excluding ortho intramolecular Hbond substituents is 1. The lowest BCUT2D eigenvalue weighted by Crippen LogP contribution is -2.53. The monoisotopic (exact) mass is 486 g/mol. The van der Waals surface area contributed by atoms with Gasteiger partial charge in [-0.15, -0.1) is 0 Å². The van der Waals surface area contributed by atoms with Crippen LogP contribution in [-0.2, 0) is 13.0 Å². The molecule has 4 rings (SSSR count). The van der Waals surface area contributed by atoms with Gasteiger partial charge in [0, 0.05) is 37.4 Å². The van der Waals surface area contributed by atoms with Crippen LogP contribution in [0.15, 0.2) is 60.7 Å². The number of hydrogen-bond donors (Lipinski definition) is 3. The fraction of sp³-hybridized carbons (Fsp3) is 0.385. The van der Waals surface area contributed by atoms with Gasteiger partial charge >= 0.3 is 6.18 Å². The first-order valence-electron chi connectivity index (χ1n) is 11.7. The van der Waals surface area contributed by atoms with Gasteiger partial charge in [0.25, 0.3) is 0 Å². The van der Waals surface area contributed by atoms with Gasteiger partial charge in [0.1, 0.15) is 5.75 Å². The number of alkyl halides is 3. The van der Waals surface area contributed by atoms with Crippen LogP contribution >= 0.6 is 0 Å². The van der Waals surface area contributed by atoms with E-state index < -0.39 is 11.8 Å². The van der Waals surface area contributed by atoms with Gasteiger partial charge in [0.2, 0.25) is 0 Å². The first-order valence-corrected chi connectivity index (χ1v) is 11.7. The number of hydrogen-bond acceptors (Lipinski definition) is 6. The van der Waals surface area contributed by atoms with Crippen molar-refractivity contribution < 1.29 is 23.4 Å². The molecule has 35 heavy (non-hydrogen) atoms. The number of anilines is 1. The van der Waals surface area contributed by atoms with Crippen molar-refractivity contribution in [2.75, 3.05) is 25.0 Å². The Morgan fingerprint density at radius 3 is 2.20 bits per heavy atom. The third-order valence-corrected chi connectivity index (χ3v) is 6.39. The number of aliphatic hydroxyl groups is 1. The molecule has 9 heteroatoms. The standard InChI is InChI=1S/C26H29F3N4O2/c27-26(28,29)25(35)13-16-33(17-14-25)18-19-3-7-21(8-4-19)30-15-1-2-22-9-12-24(32-31-22)20-5-10-23(34)11-6-20/h3-12,30,34-35H,1-2,13-18H2. The normalized spacial score (nSPS) is 16.2. The van der Waals surface area contributed by atoms with E-state index >= 15 is 0 Å². The quantitative estimate of drug-likeness (QED) is 0.398. The Bertz CT molecular complexity index is 1080. The largest absolute Gasteiger partial charge is 0.508 e. The molecule has 186 valence electrons. The molecule has 1 aromatic heterocycles. The van der Waals surface area contributed by atoms with E-state index in [1.54, 1.807) is 24.3 Å². The zero-order valence-corrected chi connectivity index (χ0v) is 19.3. The average molecular weight is 487 g/mol. The average Bonchev–Trinajstić information content (AvgIpc) is 2.85. The first-order chi connectivity index (χ1) is 16.7. The Hall–Kier alpha value is -3.17. The maximum absolute atomic E-state index is 13.0. The number of halogens is 3. The number of aryl methyl sites for hydroxylation is 1. The number of nitrogens with zero attached hydrogens (tertiary/aromatic N) is 3. The second-order valence-electron chi connectivity index (χ2n) is 8.99. The molecule has 2 heterocycles. The number of nitrogens with one attached hydrogen (secondary N) is 1. The number of piperidine rings is 1. The fourth-order valence-corrected chi connectivity index (χ4v) is 4.13. The first kappa shape index (κ1) is 24.9. The molecule has 0 saturated carbocycles. The van der Waals surface area contributed by atoms with E-state index in [9.17, 15) is 23.4 Å². The molecule has 3 aromatic rings. The Labute approximate surface area is 202 Å². The molecule has 1 fully saturated rings. The van der Waals surface area contributed by atoms with Gasteiger partial charge in [-0.1, -0.05) is 12.1 Å². The highest BCUT2D eigenvalue weighted by atomic mass is 19.4. The van der Waals surface area contributed by atoms with Crippen molar-refractivity contribution in [3.8, 4) is 17.0 Å². The van der Waals surface area contributed by atoms with Crippen LogP contribution < -0.4 is 5.32 Å². The number of benzene rings is 2. The van der Waals surface area contributed by atoms with Crippen LogP contribution in [0.1, 0.15) is 30.5 Å². The molecule has 0 unspecified atom stereocenters. The zero-order chi connectivity index (χ0) is 24.9. The van der Waals surface area contributed by atoms with Crippen molar-refractivity contribution in [3.05, 3.63) is 71.9 Å². The van der Waals surface area contributed by atoms with Crippen molar-refractivity contribution in [2.24, 2.45) is 0 Å². The SMILES string of the molecule is Oc1ccc(-c2ccc(CCCNc3ccc(CN4CCC(O)(C(F)(F)F)CC4)cc3)nn2)cc1. The summed E-state index contributed by atoms with van der Waals surface area (Å²) in [6.45, 7) is 1.76. The molecule has 0 amide bonds. The second-order valence-corrected chi connectivity index (χ2v) is 8.99. The Kier molecular flexibility index (Phi) is 7.57. The highest BCUT2D eigenvalue weighted by Gasteiger charge is 2.54. The maximum atomic E-state index is 13.0. The van der Waals surface area contributed by atoms with Gasteiger partial charge in [-0.3, -0.25) is 4.90 Å². The minimum atomic E-state index is -4.57. The Morgan fingerprint density at radius 2 is 1.60 bits per heavy atom. The van der Waals surface area contributed by atoms with E-state index in [0.717, 1.165) is 47.6 Å². The van der Waals surface area contributed by atoms with Crippen LogP contribution in [0, 0.1) is 0 Å². The molecule has 0 spiro atoms. The molecular weight excluding hydrogens is 457 g/mol. The van der Waals surface area contributed by atoms with Crippen molar-refractivity contribution in [3.63, 3.8) is 0 Å². The van der Waals surface area contributed by atoms with Crippen LogP contribution in [0.4, 0.5) is 18.9 Å². The number of phenols is 1. The summed E-state index contributed by atoms with van der Waals surface area (Å²) in [6.07, 6.45) is -3.49. The van der Waals surface area contributed by atoms with Crippen molar-refractivity contribution >= 4 is 5.69 Å². The summed E-state index contributed by atoms with van der Waals surface area (Å²) in [5.41, 5.74) is 2.01. The molecule has 0 bridgehead atoms. The van der Waals surface area contributed by atoms with Gasteiger partial charge in [-0.25, -0.2) is 0 Å². The number of aromatic hydroxyl groups is 1. The van der Waals surface area contributed by atoms with Crippen LogP contribution in [0.3, 0.4) is 0 Å². The summed E-state index contributed by atoms with van der Waals surface area (Å²) < 4.78 is 38.9. The van der Waals surface area contributed by atoms with E-state index in [2.05, 4.69) is 15.5 Å².